The van der Waals surface area contributed by atoms with Gasteiger partial charge in [0.2, 0.25) is 0 Å². The van der Waals surface area contributed by atoms with Crippen molar-refractivity contribution < 1.29 is 4.79 Å². The van der Waals surface area contributed by atoms with Crippen LogP contribution in [0.3, 0.4) is 0 Å². The van der Waals surface area contributed by atoms with Crippen LogP contribution in [-0.4, -0.2) is 33.1 Å². The van der Waals surface area contributed by atoms with E-state index >= 15 is 0 Å². The smallest absolute Gasteiger partial charge is 0.252 e. The lowest BCUT2D eigenvalue weighted by atomic mass is 10.1. The topological polar surface area (TPSA) is 110 Å². The third-order valence-corrected chi connectivity index (χ3v) is 2.29. The van der Waals surface area contributed by atoms with Crippen LogP contribution in [0.15, 0.2) is 24.3 Å². The first-order valence-corrected chi connectivity index (χ1v) is 5.59. The first-order chi connectivity index (χ1) is 9.31. The summed E-state index contributed by atoms with van der Waals surface area (Å²) in [6.07, 6.45) is 0. The number of tetrazole rings is 1. The van der Waals surface area contributed by atoms with E-state index in [1.165, 1.54) is 0 Å². The number of hydrogen-bond acceptors (Lipinski definition) is 5. The molecular weight excluding hydrogens is 244 g/mol. The Morgan fingerprint density at radius 1 is 1.42 bits per heavy atom. The molecule has 1 amide bonds. The van der Waals surface area contributed by atoms with Gasteiger partial charge in [0.15, 0.2) is 5.82 Å². The highest BCUT2D eigenvalue weighted by Gasteiger charge is 2.10. The lowest BCUT2D eigenvalue weighted by Gasteiger charge is -2.04. The summed E-state index contributed by atoms with van der Waals surface area (Å²) < 4.78 is 0. The number of nitrogens with one attached hydrogen (secondary N) is 2. The first-order valence-electron chi connectivity index (χ1n) is 5.59. The summed E-state index contributed by atoms with van der Waals surface area (Å²) in [5, 5.41) is 15.9. The fourth-order valence-electron chi connectivity index (χ4n) is 1.45. The number of aromatic amines is 1. The van der Waals surface area contributed by atoms with Gasteiger partial charge in [0.25, 0.3) is 5.91 Å². The maximum Gasteiger partial charge on any atom is 0.252 e. The molecule has 0 aliphatic heterocycles. The summed E-state index contributed by atoms with van der Waals surface area (Å²) >= 11 is 0. The summed E-state index contributed by atoms with van der Waals surface area (Å²) in [5.41, 5.74) is 6.45. The van der Waals surface area contributed by atoms with Gasteiger partial charge in [-0.2, -0.15) is 5.21 Å². The van der Waals surface area contributed by atoms with Crippen LogP contribution in [0.5, 0.6) is 0 Å². The van der Waals surface area contributed by atoms with Crippen molar-refractivity contribution >= 4 is 5.91 Å². The number of nitrogens with two attached hydrogens (primary N) is 1. The molecule has 0 radical (unpaired) electrons. The number of carbonyl (C=O) groups is 1. The standard InChI is InChI=1S/C12H12N6O/c13-7-3-5-9-4-1-2-6-10(9)12(19)14-8-11-15-17-18-16-11/h1-2,4,6H,7-8,13H2,(H,14,19)(H,15,16,17,18). The monoisotopic (exact) mass is 256 g/mol. The molecule has 0 spiro atoms. The Labute approximate surface area is 109 Å². The zero-order valence-electron chi connectivity index (χ0n) is 10.1. The number of aromatic nitrogens is 4. The van der Waals surface area contributed by atoms with Gasteiger partial charge in [-0.15, -0.1) is 10.2 Å². The second-order valence-electron chi connectivity index (χ2n) is 3.56. The van der Waals surface area contributed by atoms with E-state index in [2.05, 4.69) is 37.8 Å². The number of rotatable bonds is 3. The molecule has 2 rings (SSSR count). The van der Waals surface area contributed by atoms with Crippen LogP contribution in [0.1, 0.15) is 21.7 Å². The van der Waals surface area contributed by atoms with E-state index in [-0.39, 0.29) is 19.0 Å². The highest BCUT2D eigenvalue weighted by Crippen LogP contribution is 2.07. The Bertz CT molecular complexity index is 611. The van der Waals surface area contributed by atoms with Crippen LogP contribution < -0.4 is 11.1 Å². The Morgan fingerprint density at radius 3 is 3.00 bits per heavy atom. The second-order valence-corrected chi connectivity index (χ2v) is 3.56. The van der Waals surface area contributed by atoms with Crippen molar-refractivity contribution in [2.24, 2.45) is 5.73 Å². The van der Waals surface area contributed by atoms with E-state index in [0.717, 1.165) is 0 Å². The number of amides is 1. The van der Waals surface area contributed by atoms with E-state index in [0.29, 0.717) is 17.0 Å². The van der Waals surface area contributed by atoms with Gasteiger partial charge in [-0.3, -0.25) is 4.79 Å². The number of H-pyrrole nitrogens is 1. The number of carbonyl (C=O) groups excluding carboxylic acids is 1. The minimum Gasteiger partial charge on any atom is -0.345 e. The third kappa shape index (κ3) is 3.37. The summed E-state index contributed by atoms with van der Waals surface area (Å²) in [7, 11) is 0. The summed E-state index contributed by atoms with van der Waals surface area (Å²) in [4.78, 5) is 12.0. The molecule has 0 fully saturated rings. The van der Waals surface area contributed by atoms with Crippen molar-refractivity contribution in [3.8, 4) is 11.8 Å². The third-order valence-electron chi connectivity index (χ3n) is 2.29. The van der Waals surface area contributed by atoms with Gasteiger partial charge in [0.05, 0.1) is 18.7 Å². The largest absolute Gasteiger partial charge is 0.345 e. The highest BCUT2D eigenvalue weighted by atomic mass is 16.1. The van der Waals surface area contributed by atoms with Gasteiger partial charge in [-0.1, -0.05) is 29.2 Å². The highest BCUT2D eigenvalue weighted by molar-refractivity contribution is 5.96. The lowest BCUT2D eigenvalue weighted by molar-refractivity contribution is 0.0949. The summed E-state index contributed by atoms with van der Waals surface area (Å²) in [5.74, 6) is 5.76. The molecule has 1 heterocycles. The van der Waals surface area contributed by atoms with E-state index in [9.17, 15) is 4.79 Å². The maximum atomic E-state index is 12.0. The average Bonchev–Trinajstić information content (AvgIpc) is 2.96. The molecule has 7 heteroatoms. The molecule has 0 saturated heterocycles. The Balaban J connectivity index is 2.10. The Kier molecular flexibility index (Phi) is 4.21. The molecule has 1 aromatic heterocycles. The number of nitrogens with zero attached hydrogens (tertiary/aromatic N) is 3. The van der Waals surface area contributed by atoms with E-state index < -0.39 is 0 Å². The van der Waals surface area contributed by atoms with Crippen molar-refractivity contribution in [2.75, 3.05) is 6.54 Å². The molecule has 4 N–H and O–H groups in total. The van der Waals surface area contributed by atoms with Crippen molar-refractivity contribution in [1.82, 2.24) is 25.9 Å². The van der Waals surface area contributed by atoms with Crippen LogP contribution >= 0.6 is 0 Å². The van der Waals surface area contributed by atoms with Gasteiger partial charge < -0.3 is 11.1 Å². The van der Waals surface area contributed by atoms with Gasteiger partial charge in [0, 0.05) is 5.56 Å². The molecule has 2 aromatic rings. The predicted molar refractivity (Wildman–Crippen MR) is 67.7 cm³/mol. The molecule has 0 atom stereocenters. The Hall–Kier alpha value is -2.72. The second kappa shape index (κ2) is 6.28. The molecule has 0 unspecified atom stereocenters. The maximum absolute atomic E-state index is 12.0. The van der Waals surface area contributed by atoms with Crippen LogP contribution in [0.2, 0.25) is 0 Å². The van der Waals surface area contributed by atoms with Crippen molar-refractivity contribution in [3.63, 3.8) is 0 Å². The lowest BCUT2D eigenvalue weighted by Crippen LogP contribution is -2.24. The first kappa shape index (κ1) is 12.7. The van der Waals surface area contributed by atoms with Crippen molar-refractivity contribution in [1.29, 1.82) is 0 Å². The number of hydrogen-bond donors (Lipinski definition) is 3. The average molecular weight is 256 g/mol. The van der Waals surface area contributed by atoms with Gasteiger partial charge in [0.1, 0.15) is 0 Å². The van der Waals surface area contributed by atoms with Crippen molar-refractivity contribution in [2.45, 2.75) is 6.54 Å². The molecule has 0 bridgehead atoms. The molecule has 0 saturated carbocycles. The molecule has 0 aliphatic carbocycles. The van der Waals surface area contributed by atoms with Crippen molar-refractivity contribution in [3.05, 3.63) is 41.2 Å². The minimum absolute atomic E-state index is 0.202. The zero-order valence-corrected chi connectivity index (χ0v) is 10.1. The van der Waals surface area contributed by atoms with E-state index in [1.54, 1.807) is 18.2 Å². The summed E-state index contributed by atoms with van der Waals surface area (Å²) in [6, 6.07) is 7.06. The van der Waals surface area contributed by atoms with Gasteiger partial charge in [-0.25, -0.2) is 0 Å². The quantitative estimate of drug-likeness (QED) is 0.638. The molecule has 7 nitrogen and oxygen atoms in total. The summed E-state index contributed by atoms with van der Waals surface area (Å²) in [6.45, 7) is 0.451. The fourth-order valence-corrected chi connectivity index (χ4v) is 1.45. The molecule has 1 aromatic carbocycles. The fraction of sp³-hybridized carbons (Fsp3) is 0.167. The molecule has 0 aliphatic rings. The molecular formula is C12H12N6O. The molecule has 96 valence electrons. The van der Waals surface area contributed by atoms with E-state index in [1.807, 2.05) is 6.07 Å². The molecule has 19 heavy (non-hydrogen) atoms. The van der Waals surface area contributed by atoms with Crippen LogP contribution in [0.25, 0.3) is 0 Å². The predicted octanol–water partition coefficient (Wildman–Crippen LogP) is -0.560. The van der Waals surface area contributed by atoms with E-state index in [4.69, 9.17) is 5.73 Å². The van der Waals surface area contributed by atoms with Crippen LogP contribution in [0, 0.1) is 11.8 Å². The van der Waals surface area contributed by atoms with Gasteiger partial charge in [-0.05, 0) is 12.1 Å². The Morgan fingerprint density at radius 2 is 2.26 bits per heavy atom. The number of benzene rings is 1. The van der Waals surface area contributed by atoms with Gasteiger partial charge >= 0.3 is 0 Å². The normalized spacial score (nSPS) is 9.53. The minimum atomic E-state index is -0.244. The van der Waals surface area contributed by atoms with Crippen LogP contribution in [0.4, 0.5) is 0 Å². The zero-order chi connectivity index (χ0) is 13.5. The SMILES string of the molecule is NCC#Cc1ccccc1C(=O)NCc1nn[nH]n1. The van der Waals surface area contributed by atoms with Crippen LogP contribution in [-0.2, 0) is 6.54 Å².